The van der Waals surface area contributed by atoms with Crippen LogP contribution in [0.15, 0.2) is 18.2 Å². The second-order valence-electron chi connectivity index (χ2n) is 4.00. The van der Waals surface area contributed by atoms with Gasteiger partial charge in [0.2, 0.25) is 5.91 Å². The van der Waals surface area contributed by atoms with Gasteiger partial charge in [-0.1, -0.05) is 13.0 Å². The molecule has 1 aromatic carbocycles. The fourth-order valence-electron chi connectivity index (χ4n) is 1.21. The van der Waals surface area contributed by atoms with Gasteiger partial charge < -0.3 is 11.1 Å². The normalized spacial score (nSPS) is 12.2. The molecule has 100 valence electrons. The van der Waals surface area contributed by atoms with E-state index in [0.717, 1.165) is 17.9 Å². The molecule has 1 atom stereocenters. The van der Waals surface area contributed by atoms with Gasteiger partial charge in [-0.2, -0.15) is 11.8 Å². The molecule has 0 spiro atoms. The zero-order chi connectivity index (χ0) is 13.5. The van der Waals surface area contributed by atoms with E-state index in [1.807, 2.05) is 6.92 Å². The summed E-state index contributed by atoms with van der Waals surface area (Å²) in [5, 5.41) is 2.23. The number of anilines is 1. The number of hydrogen-bond donors (Lipinski definition) is 2. The summed E-state index contributed by atoms with van der Waals surface area (Å²) in [6.45, 7) is 2.53. The number of nitrogens with one attached hydrogen (secondary N) is 1. The van der Waals surface area contributed by atoms with Crippen molar-refractivity contribution in [2.75, 3.05) is 23.4 Å². The Morgan fingerprint density at radius 1 is 1.44 bits per heavy atom. The molecule has 0 saturated carbocycles. The summed E-state index contributed by atoms with van der Waals surface area (Å²) < 4.78 is 26.5. The SMILES string of the molecule is CC(CN)CSCC(=O)Nc1c(F)cccc1F. The summed E-state index contributed by atoms with van der Waals surface area (Å²) in [5.41, 5.74) is 5.05. The highest BCUT2D eigenvalue weighted by molar-refractivity contribution is 7.99. The number of halogens is 2. The van der Waals surface area contributed by atoms with E-state index in [2.05, 4.69) is 5.32 Å². The first-order valence-corrected chi connectivity index (χ1v) is 6.71. The van der Waals surface area contributed by atoms with Crippen molar-refractivity contribution in [2.45, 2.75) is 6.92 Å². The predicted molar refractivity (Wildman–Crippen MR) is 70.5 cm³/mol. The Labute approximate surface area is 109 Å². The van der Waals surface area contributed by atoms with Crippen molar-refractivity contribution in [1.29, 1.82) is 0 Å². The van der Waals surface area contributed by atoms with Crippen LogP contribution in [-0.2, 0) is 4.79 Å². The number of hydrogen-bond acceptors (Lipinski definition) is 3. The van der Waals surface area contributed by atoms with Gasteiger partial charge in [-0.25, -0.2) is 8.78 Å². The lowest BCUT2D eigenvalue weighted by molar-refractivity contribution is -0.113. The average Bonchev–Trinajstić information content (AvgIpc) is 2.34. The number of thioether (sulfide) groups is 1. The van der Waals surface area contributed by atoms with Gasteiger partial charge in [-0.15, -0.1) is 0 Å². The fraction of sp³-hybridized carbons (Fsp3) is 0.417. The van der Waals surface area contributed by atoms with E-state index >= 15 is 0 Å². The molecule has 0 saturated heterocycles. The van der Waals surface area contributed by atoms with Gasteiger partial charge in [0.15, 0.2) is 0 Å². The maximum Gasteiger partial charge on any atom is 0.234 e. The number of rotatable bonds is 6. The van der Waals surface area contributed by atoms with Crippen LogP contribution in [0.5, 0.6) is 0 Å². The Balaban J connectivity index is 2.45. The van der Waals surface area contributed by atoms with Gasteiger partial charge in [-0.05, 0) is 30.3 Å². The Morgan fingerprint density at radius 3 is 2.61 bits per heavy atom. The topological polar surface area (TPSA) is 55.1 Å². The zero-order valence-corrected chi connectivity index (χ0v) is 10.9. The van der Waals surface area contributed by atoms with Crippen LogP contribution < -0.4 is 11.1 Å². The first kappa shape index (κ1) is 14.9. The van der Waals surface area contributed by atoms with Gasteiger partial charge in [-0.3, -0.25) is 4.79 Å². The summed E-state index contributed by atoms with van der Waals surface area (Å²) >= 11 is 1.39. The van der Waals surface area contributed by atoms with E-state index in [0.29, 0.717) is 12.5 Å². The van der Waals surface area contributed by atoms with Crippen molar-refractivity contribution in [1.82, 2.24) is 0 Å². The molecule has 3 N–H and O–H groups in total. The molecular formula is C12H16F2N2OS. The summed E-state index contributed by atoms with van der Waals surface area (Å²) in [5.74, 6) is -0.768. The van der Waals surface area contributed by atoms with Crippen LogP contribution in [0.4, 0.5) is 14.5 Å². The minimum Gasteiger partial charge on any atom is -0.330 e. The van der Waals surface area contributed by atoms with E-state index in [1.165, 1.54) is 17.8 Å². The highest BCUT2D eigenvalue weighted by Crippen LogP contribution is 2.18. The third-order valence-corrected chi connectivity index (χ3v) is 3.54. The molecule has 0 aliphatic heterocycles. The molecular weight excluding hydrogens is 258 g/mol. The van der Waals surface area contributed by atoms with Crippen molar-refractivity contribution < 1.29 is 13.6 Å². The van der Waals surface area contributed by atoms with Crippen molar-refractivity contribution in [3.63, 3.8) is 0 Å². The van der Waals surface area contributed by atoms with E-state index in [-0.39, 0.29) is 5.75 Å². The Hall–Kier alpha value is -1.14. The van der Waals surface area contributed by atoms with Crippen LogP contribution in [0.25, 0.3) is 0 Å². The number of para-hydroxylation sites is 1. The standard InChI is InChI=1S/C12H16F2N2OS/c1-8(5-15)6-18-7-11(17)16-12-9(13)3-2-4-10(12)14/h2-4,8H,5-7,15H2,1H3,(H,16,17). The fourth-order valence-corrected chi connectivity index (χ4v) is 2.13. The molecule has 0 aromatic heterocycles. The smallest absolute Gasteiger partial charge is 0.234 e. The molecule has 0 fully saturated rings. The molecule has 0 radical (unpaired) electrons. The molecule has 0 aliphatic rings. The zero-order valence-electron chi connectivity index (χ0n) is 10.1. The number of carbonyl (C=O) groups is 1. The minimum absolute atomic E-state index is 0.151. The van der Waals surface area contributed by atoms with E-state index in [9.17, 15) is 13.6 Å². The predicted octanol–water partition coefficient (Wildman–Crippen LogP) is 2.23. The summed E-state index contributed by atoms with van der Waals surface area (Å²) in [6, 6.07) is 3.45. The lowest BCUT2D eigenvalue weighted by Gasteiger charge is -2.09. The average molecular weight is 274 g/mol. The quantitative estimate of drug-likeness (QED) is 0.836. The van der Waals surface area contributed by atoms with Crippen LogP contribution >= 0.6 is 11.8 Å². The molecule has 6 heteroatoms. The Bertz CT molecular complexity index is 395. The van der Waals surface area contributed by atoms with Crippen molar-refractivity contribution in [3.05, 3.63) is 29.8 Å². The lowest BCUT2D eigenvalue weighted by atomic mass is 10.2. The first-order valence-electron chi connectivity index (χ1n) is 5.56. The number of benzene rings is 1. The second kappa shape index (κ2) is 7.33. The van der Waals surface area contributed by atoms with Gasteiger partial charge in [0.05, 0.1) is 5.75 Å². The molecule has 3 nitrogen and oxygen atoms in total. The maximum atomic E-state index is 13.2. The van der Waals surface area contributed by atoms with E-state index < -0.39 is 23.2 Å². The van der Waals surface area contributed by atoms with Crippen molar-refractivity contribution in [3.8, 4) is 0 Å². The Kier molecular flexibility index (Phi) is 6.07. The summed E-state index contributed by atoms with van der Waals surface area (Å²) in [6.07, 6.45) is 0. The largest absolute Gasteiger partial charge is 0.330 e. The van der Waals surface area contributed by atoms with Gasteiger partial charge in [0, 0.05) is 0 Å². The van der Waals surface area contributed by atoms with Crippen LogP contribution in [0, 0.1) is 17.6 Å². The van der Waals surface area contributed by atoms with Gasteiger partial charge in [0.1, 0.15) is 17.3 Å². The third-order valence-electron chi connectivity index (χ3n) is 2.27. The van der Waals surface area contributed by atoms with Crippen LogP contribution in [0.2, 0.25) is 0 Å². The molecule has 18 heavy (non-hydrogen) atoms. The Morgan fingerprint density at radius 2 is 2.06 bits per heavy atom. The maximum absolute atomic E-state index is 13.2. The van der Waals surface area contributed by atoms with Crippen LogP contribution in [0.3, 0.4) is 0 Å². The third kappa shape index (κ3) is 4.62. The molecule has 0 heterocycles. The summed E-state index contributed by atoms with van der Waals surface area (Å²) in [7, 11) is 0. The molecule has 1 rings (SSSR count). The van der Waals surface area contributed by atoms with E-state index in [1.54, 1.807) is 0 Å². The first-order chi connectivity index (χ1) is 8.54. The molecule has 1 unspecified atom stereocenters. The number of amides is 1. The van der Waals surface area contributed by atoms with Crippen molar-refractivity contribution in [2.24, 2.45) is 11.7 Å². The highest BCUT2D eigenvalue weighted by atomic mass is 32.2. The number of carbonyl (C=O) groups excluding carboxylic acids is 1. The lowest BCUT2D eigenvalue weighted by Crippen LogP contribution is -2.18. The van der Waals surface area contributed by atoms with Crippen LogP contribution in [0.1, 0.15) is 6.92 Å². The summed E-state index contributed by atoms with van der Waals surface area (Å²) in [4.78, 5) is 11.5. The minimum atomic E-state index is -0.774. The number of nitrogens with two attached hydrogens (primary N) is 1. The monoisotopic (exact) mass is 274 g/mol. The van der Waals surface area contributed by atoms with Crippen LogP contribution in [-0.4, -0.2) is 24.0 Å². The molecule has 0 bridgehead atoms. The molecule has 1 aromatic rings. The van der Waals surface area contributed by atoms with Crippen molar-refractivity contribution >= 4 is 23.4 Å². The molecule has 0 aliphatic carbocycles. The van der Waals surface area contributed by atoms with E-state index in [4.69, 9.17) is 5.73 Å². The molecule has 1 amide bonds. The van der Waals surface area contributed by atoms with Gasteiger partial charge >= 0.3 is 0 Å². The second-order valence-corrected chi connectivity index (χ2v) is 5.03. The highest BCUT2D eigenvalue weighted by Gasteiger charge is 2.12. The van der Waals surface area contributed by atoms with Gasteiger partial charge in [0.25, 0.3) is 0 Å².